The molecule has 150 valence electrons. The molecule has 0 unspecified atom stereocenters. The molecule has 0 bridgehead atoms. The summed E-state index contributed by atoms with van der Waals surface area (Å²) in [5.41, 5.74) is -1.70. The van der Waals surface area contributed by atoms with Crippen LogP contribution in [0.4, 0.5) is 0 Å². The van der Waals surface area contributed by atoms with Gasteiger partial charge in [-0.2, -0.15) is 0 Å². The molecule has 3 heterocycles. The molecule has 1 aromatic heterocycles. The predicted molar refractivity (Wildman–Crippen MR) is 89.2 cm³/mol. The van der Waals surface area contributed by atoms with Crippen molar-refractivity contribution in [3.63, 3.8) is 0 Å². The Morgan fingerprint density at radius 1 is 1.29 bits per heavy atom. The largest absolute Gasteiger partial charge is 0.394 e. The summed E-state index contributed by atoms with van der Waals surface area (Å²) >= 11 is 0. The summed E-state index contributed by atoms with van der Waals surface area (Å²) in [6.45, 7) is -0.442. The third-order valence-electron chi connectivity index (χ3n) is 4.28. The number of amides is 2. The maximum atomic E-state index is 12.0. The Bertz CT molecular complexity index is 931. The van der Waals surface area contributed by atoms with Gasteiger partial charge in [-0.15, -0.1) is 5.06 Å². The number of aromatic nitrogens is 2. The van der Waals surface area contributed by atoms with Crippen molar-refractivity contribution in [2.24, 2.45) is 0 Å². The molecule has 28 heavy (non-hydrogen) atoms. The van der Waals surface area contributed by atoms with Crippen molar-refractivity contribution in [2.45, 2.75) is 37.7 Å². The first-order chi connectivity index (χ1) is 13.3. The molecule has 2 aliphatic heterocycles. The van der Waals surface area contributed by atoms with Crippen molar-refractivity contribution < 1.29 is 34.2 Å². The van der Waals surface area contributed by atoms with Crippen molar-refractivity contribution >= 4 is 23.9 Å². The van der Waals surface area contributed by atoms with Gasteiger partial charge in [0.15, 0.2) is 0 Å². The van der Waals surface area contributed by atoms with Gasteiger partial charge in [-0.05, 0) is 6.08 Å². The second-order valence-electron chi connectivity index (χ2n) is 6.19. The van der Waals surface area contributed by atoms with E-state index in [0.29, 0.717) is 5.06 Å². The first kappa shape index (κ1) is 19.7. The number of nitrogens with zero attached hydrogens (tertiary/aromatic N) is 2. The normalized spacial score (nSPS) is 25.1. The molecular weight excluding hydrogens is 378 g/mol. The number of ether oxygens (including phenoxy) is 1. The lowest BCUT2D eigenvalue weighted by Crippen LogP contribution is -2.33. The van der Waals surface area contributed by atoms with E-state index in [1.54, 1.807) is 0 Å². The van der Waals surface area contributed by atoms with Gasteiger partial charge in [0.2, 0.25) is 0 Å². The lowest BCUT2D eigenvalue weighted by atomic mass is 10.2. The lowest BCUT2D eigenvalue weighted by molar-refractivity contribution is -0.193. The van der Waals surface area contributed by atoms with Crippen LogP contribution >= 0.6 is 0 Å². The van der Waals surface area contributed by atoms with Crippen molar-refractivity contribution in [1.29, 1.82) is 0 Å². The van der Waals surface area contributed by atoms with Gasteiger partial charge in [-0.3, -0.25) is 23.9 Å². The highest BCUT2D eigenvalue weighted by Crippen LogP contribution is 2.27. The van der Waals surface area contributed by atoms with E-state index >= 15 is 0 Å². The molecule has 12 heteroatoms. The Balaban J connectivity index is 1.77. The summed E-state index contributed by atoms with van der Waals surface area (Å²) in [6, 6.07) is 0. The number of nitrogens with one attached hydrogen (secondary N) is 1. The fourth-order valence-electron chi connectivity index (χ4n) is 2.82. The van der Waals surface area contributed by atoms with Crippen LogP contribution in [0.1, 0.15) is 31.1 Å². The Labute approximate surface area is 156 Å². The molecule has 3 rings (SSSR count). The molecule has 0 aliphatic carbocycles. The van der Waals surface area contributed by atoms with Crippen LogP contribution in [-0.4, -0.2) is 61.4 Å². The zero-order valence-electron chi connectivity index (χ0n) is 14.4. The molecule has 3 atom stereocenters. The third kappa shape index (κ3) is 3.93. The minimum atomic E-state index is -1.06. The number of carbonyl (C=O) groups is 3. The maximum Gasteiger partial charge on any atom is 0.356 e. The van der Waals surface area contributed by atoms with E-state index in [4.69, 9.17) is 9.84 Å². The summed E-state index contributed by atoms with van der Waals surface area (Å²) in [7, 11) is 0. The fraction of sp³-hybridized carbons (Fsp3) is 0.438. The van der Waals surface area contributed by atoms with Crippen LogP contribution in [0.15, 0.2) is 21.9 Å². The molecule has 12 nitrogen and oxygen atoms in total. The monoisotopic (exact) mass is 395 g/mol. The summed E-state index contributed by atoms with van der Waals surface area (Å²) < 4.78 is 6.38. The smallest absolute Gasteiger partial charge is 0.356 e. The number of H-pyrrole nitrogens is 1. The van der Waals surface area contributed by atoms with Crippen LogP contribution in [0, 0.1) is 0 Å². The standard InChI is InChI=1S/C16H17N3O9/c20-7-10-9(21)5-13(27-10)18-6-8(15(25)17-16(18)26)1-4-14(24)28-19-11(22)2-3-12(19)23/h1,4,6,9-10,13,20-21H,2-3,5,7H2,(H,17,25,26)/t9-,10+,13+/m0/s1. The van der Waals surface area contributed by atoms with Gasteiger partial charge in [0.25, 0.3) is 17.4 Å². The minimum Gasteiger partial charge on any atom is -0.394 e. The quantitative estimate of drug-likeness (QED) is 0.370. The number of aliphatic hydroxyl groups is 2. The Hall–Kier alpha value is -3.09. The zero-order valence-corrected chi connectivity index (χ0v) is 14.4. The summed E-state index contributed by atoms with van der Waals surface area (Å²) in [4.78, 5) is 65.2. The van der Waals surface area contributed by atoms with Gasteiger partial charge in [0, 0.05) is 31.5 Å². The molecule has 2 aliphatic rings. The second kappa shape index (κ2) is 7.88. The molecule has 2 saturated heterocycles. The van der Waals surface area contributed by atoms with Crippen LogP contribution in [0.3, 0.4) is 0 Å². The van der Waals surface area contributed by atoms with Gasteiger partial charge in [-0.1, -0.05) is 0 Å². The second-order valence-corrected chi connectivity index (χ2v) is 6.19. The summed E-state index contributed by atoms with van der Waals surface area (Å²) in [6.07, 6.45) is 0.110. The van der Waals surface area contributed by atoms with Gasteiger partial charge in [-0.25, -0.2) is 9.59 Å². The van der Waals surface area contributed by atoms with Gasteiger partial charge in [0.1, 0.15) is 12.3 Å². The van der Waals surface area contributed by atoms with E-state index in [2.05, 4.69) is 4.84 Å². The molecule has 3 N–H and O–H groups in total. The van der Waals surface area contributed by atoms with Crippen LogP contribution in [0.25, 0.3) is 6.08 Å². The Morgan fingerprint density at radius 2 is 1.96 bits per heavy atom. The molecule has 2 fully saturated rings. The molecule has 0 aromatic carbocycles. The van der Waals surface area contributed by atoms with Crippen molar-refractivity contribution in [2.75, 3.05) is 6.61 Å². The summed E-state index contributed by atoms with van der Waals surface area (Å²) in [5, 5.41) is 19.3. The van der Waals surface area contributed by atoms with Crippen molar-refractivity contribution in [3.8, 4) is 0 Å². The van der Waals surface area contributed by atoms with E-state index in [1.165, 1.54) is 0 Å². The number of imide groups is 1. The average molecular weight is 395 g/mol. The number of hydroxylamine groups is 2. The van der Waals surface area contributed by atoms with Crippen LogP contribution < -0.4 is 11.2 Å². The Kier molecular flexibility index (Phi) is 5.53. The van der Waals surface area contributed by atoms with E-state index in [-0.39, 0.29) is 24.8 Å². The highest BCUT2D eigenvalue weighted by molar-refractivity contribution is 6.02. The fourth-order valence-corrected chi connectivity index (χ4v) is 2.82. The SMILES string of the molecule is O=C(C=Cc1cn([C@H]2C[C@H](O)[C@@H](CO)O2)c(=O)[nH]c1=O)ON1C(=O)CCC1=O. The lowest BCUT2D eigenvalue weighted by Gasteiger charge is -2.14. The summed E-state index contributed by atoms with van der Waals surface area (Å²) in [5.74, 6) is -2.35. The van der Waals surface area contributed by atoms with Crippen LogP contribution in [0.5, 0.6) is 0 Å². The molecule has 0 spiro atoms. The highest BCUT2D eigenvalue weighted by atomic mass is 16.7. The van der Waals surface area contributed by atoms with E-state index in [0.717, 1.165) is 22.9 Å². The number of aliphatic hydroxyl groups excluding tert-OH is 2. The van der Waals surface area contributed by atoms with Crippen molar-refractivity contribution in [3.05, 3.63) is 38.7 Å². The van der Waals surface area contributed by atoms with Crippen LogP contribution in [-0.2, 0) is 24.0 Å². The van der Waals surface area contributed by atoms with E-state index in [9.17, 15) is 29.1 Å². The number of rotatable bonds is 5. The zero-order chi connectivity index (χ0) is 20.4. The molecule has 0 radical (unpaired) electrons. The van der Waals surface area contributed by atoms with Crippen molar-refractivity contribution in [1.82, 2.24) is 14.6 Å². The first-order valence-corrected chi connectivity index (χ1v) is 8.35. The molecule has 0 saturated carbocycles. The number of carbonyl (C=O) groups excluding carboxylic acids is 3. The number of hydrogen-bond acceptors (Lipinski definition) is 9. The number of hydrogen-bond donors (Lipinski definition) is 3. The highest BCUT2D eigenvalue weighted by Gasteiger charge is 2.35. The topological polar surface area (TPSA) is 168 Å². The predicted octanol–water partition coefficient (Wildman–Crippen LogP) is -2.20. The third-order valence-corrected chi connectivity index (χ3v) is 4.28. The van der Waals surface area contributed by atoms with E-state index in [1.807, 2.05) is 4.98 Å². The minimum absolute atomic E-state index is 0.0154. The van der Waals surface area contributed by atoms with Gasteiger partial charge in [0.05, 0.1) is 18.3 Å². The number of aromatic amines is 1. The van der Waals surface area contributed by atoms with Gasteiger partial charge >= 0.3 is 11.7 Å². The Morgan fingerprint density at radius 3 is 2.57 bits per heavy atom. The first-order valence-electron chi connectivity index (χ1n) is 8.35. The molecule has 1 aromatic rings. The van der Waals surface area contributed by atoms with Crippen LogP contribution in [0.2, 0.25) is 0 Å². The average Bonchev–Trinajstić information content (AvgIpc) is 3.17. The van der Waals surface area contributed by atoms with E-state index < -0.39 is 54.1 Å². The van der Waals surface area contributed by atoms with Gasteiger partial charge < -0.3 is 19.8 Å². The molecule has 2 amide bonds. The molecular formula is C16H17N3O9. The maximum absolute atomic E-state index is 12.0.